The van der Waals surface area contributed by atoms with Crippen LogP contribution in [0.15, 0.2) is 60.3 Å². The van der Waals surface area contributed by atoms with Gasteiger partial charge in [-0.2, -0.15) is 0 Å². The van der Waals surface area contributed by atoms with Crippen molar-refractivity contribution in [3.8, 4) is 11.5 Å². The van der Waals surface area contributed by atoms with Crippen LogP contribution in [0.25, 0.3) is 0 Å². The minimum absolute atomic E-state index is 0.216. The molecular formula is C22H24N2O5. The van der Waals surface area contributed by atoms with Crippen LogP contribution in [0.2, 0.25) is 0 Å². The number of nitrogens with one attached hydrogen (secondary N) is 1. The number of esters is 1. The molecule has 2 aromatic carbocycles. The molecule has 1 aliphatic rings. The molecule has 1 N–H and O–H groups in total. The van der Waals surface area contributed by atoms with E-state index in [4.69, 9.17) is 14.2 Å². The maximum absolute atomic E-state index is 13.2. The molecule has 1 amide bonds. The van der Waals surface area contributed by atoms with Gasteiger partial charge in [-0.25, -0.2) is 4.79 Å². The summed E-state index contributed by atoms with van der Waals surface area (Å²) in [6, 6.07) is 14.1. The Bertz CT molecular complexity index is 921. The van der Waals surface area contributed by atoms with Gasteiger partial charge in [-0.3, -0.25) is 9.69 Å². The number of anilines is 2. The van der Waals surface area contributed by atoms with Gasteiger partial charge in [-0.05, 0) is 68.5 Å². The molecule has 1 heterocycles. The lowest BCUT2D eigenvalue weighted by Crippen LogP contribution is -2.51. The number of rotatable bonds is 7. The van der Waals surface area contributed by atoms with Gasteiger partial charge in [0.1, 0.15) is 17.2 Å². The van der Waals surface area contributed by atoms with Crippen molar-refractivity contribution in [2.24, 2.45) is 0 Å². The molecule has 29 heavy (non-hydrogen) atoms. The zero-order chi connectivity index (χ0) is 21.0. The molecule has 0 saturated carbocycles. The van der Waals surface area contributed by atoms with E-state index in [1.54, 1.807) is 82.7 Å². The van der Waals surface area contributed by atoms with E-state index >= 15 is 0 Å². The second-order valence-electron chi connectivity index (χ2n) is 6.62. The van der Waals surface area contributed by atoms with E-state index in [1.165, 1.54) is 4.90 Å². The lowest BCUT2D eigenvalue weighted by molar-refractivity contribution is -0.147. The van der Waals surface area contributed by atoms with Crippen LogP contribution in [-0.2, 0) is 14.3 Å². The first-order chi connectivity index (χ1) is 13.9. The van der Waals surface area contributed by atoms with Gasteiger partial charge in [0.2, 0.25) is 0 Å². The summed E-state index contributed by atoms with van der Waals surface area (Å²) < 4.78 is 15.6. The van der Waals surface area contributed by atoms with Crippen LogP contribution >= 0.6 is 0 Å². The molecule has 152 valence electrons. The monoisotopic (exact) mass is 396 g/mol. The van der Waals surface area contributed by atoms with Crippen molar-refractivity contribution < 1.29 is 23.8 Å². The number of benzene rings is 2. The minimum atomic E-state index is -1.28. The molecule has 3 rings (SSSR count). The predicted octanol–water partition coefficient (Wildman–Crippen LogP) is 3.37. The van der Waals surface area contributed by atoms with Gasteiger partial charge in [0.25, 0.3) is 5.91 Å². The SMILES string of the molecule is CCOC(=O)[C@]1(C)C=C(Nc2ccc(OC)cc2)C(=O)N1c1ccc(OC)cc1. The Balaban J connectivity index is 1.96. The van der Waals surface area contributed by atoms with Gasteiger partial charge in [0.15, 0.2) is 5.54 Å². The Kier molecular flexibility index (Phi) is 5.77. The Hall–Kier alpha value is -3.48. The third-order valence-corrected chi connectivity index (χ3v) is 4.71. The lowest BCUT2D eigenvalue weighted by Gasteiger charge is -2.32. The standard InChI is InChI=1S/C22H24N2O5/c1-5-29-21(26)22(2)14-19(23-15-6-10-17(27-3)11-7-15)20(25)24(22)16-8-12-18(28-4)13-9-16/h6-14,23H,5H2,1-4H3/t22-/m0/s1. The summed E-state index contributed by atoms with van der Waals surface area (Å²) in [4.78, 5) is 27.4. The number of ether oxygens (including phenoxy) is 3. The summed E-state index contributed by atoms with van der Waals surface area (Å²) >= 11 is 0. The van der Waals surface area contributed by atoms with E-state index in [-0.39, 0.29) is 12.5 Å². The third kappa shape index (κ3) is 3.89. The molecule has 0 saturated heterocycles. The Morgan fingerprint density at radius 2 is 1.55 bits per heavy atom. The Labute approximate surface area is 169 Å². The molecule has 7 heteroatoms. The zero-order valence-electron chi connectivity index (χ0n) is 16.9. The van der Waals surface area contributed by atoms with Crippen LogP contribution in [0, 0.1) is 0 Å². The van der Waals surface area contributed by atoms with Crippen LogP contribution in [-0.4, -0.2) is 38.2 Å². The second-order valence-corrected chi connectivity index (χ2v) is 6.62. The highest BCUT2D eigenvalue weighted by Crippen LogP contribution is 2.36. The maximum Gasteiger partial charge on any atom is 0.336 e. The number of nitrogens with zero attached hydrogens (tertiary/aromatic N) is 1. The van der Waals surface area contributed by atoms with Crippen molar-refractivity contribution in [3.63, 3.8) is 0 Å². The zero-order valence-corrected chi connectivity index (χ0v) is 16.9. The Morgan fingerprint density at radius 1 is 1.00 bits per heavy atom. The van der Waals surface area contributed by atoms with E-state index in [1.807, 2.05) is 0 Å². The average Bonchev–Trinajstić information content (AvgIpc) is 2.99. The number of hydrogen-bond donors (Lipinski definition) is 1. The largest absolute Gasteiger partial charge is 0.497 e. The first-order valence-electron chi connectivity index (χ1n) is 9.22. The van der Waals surface area contributed by atoms with Gasteiger partial charge in [-0.15, -0.1) is 0 Å². The van der Waals surface area contributed by atoms with Crippen LogP contribution < -0.4 is 19.7 Å². The van der Waals surface area contributed by atoms with Crippen molar-refractivity contribution in [1.29, 1.82) is 0 Å². The van der Waals surface area contributed by atoms with Crippen molar-refractivity contribution in [3.05, 3.63) is 60.3 Å². The average molecular weight is 396 g/mol. The van der Waals surface area contributed by atoms with Gasteiger partial charge in [-0.1, -0.05) is 0 Å². The summed E-state index contributed by atoms with van der Waals surface area (Å²) in [6.07, 6.45) is 1.60. The topological polar surface area (TPSA) is 77.1 Å². The van der Waals surface area contributed by atoms with Crippen LogP contribution in [0.4, 0.5) is 11.4 Å². The number of carbonyl (C=O) groups excluding carboxylic acids is 2. The quantitative estimate of drug-likeness (QED) is 0.723. The van der Waals surface area contributed by atoms with Crippen molar-refractivity contribution in [2.75, 3.05) is 31.0 Å². The van der Waals surface area contributed by atoms with E-state index in [9.17, 15) is 9.59 Å². The normalized spacial score (nSPS) is 18.3. The molecule has 0 unspecified atom stereocenters. The fraction of sp³-hybridized carbons (Fsp3) is 0.273. The van der Waals surface area contributed by atoms with E-state index in [0.717, 1.165) is 0 Å². The van der Waals surface area contributed by atoms with Gasteiger partial charge in [0, 0.05) is 11.4 Å². The van der Waals surface area contributed by atoms with E-state index in [0.29, 0.717) is 28.6 Å². The molecule has 0 aromatic heterocycles. The molecule has 2 aromatic rings. The van der Waals surface area contributed by atoms with E-state index in [2.05, 4.69) is 5.32 Å². The van der Waals surface area contributed by atoms with Crippen LogP contribution in [0.5, 0.6) is 11.5 Å². The summed E-state index contributed by atoms with van der Waals surface area (Å²) in [5.74, 6) is 0.526. The minimum Gasteiger partial charge on any atom is -0.497 e. The predicted molar refractivity (Wildman–Crippen MR) is 110 cm³/mol. The summed E-state index contributed by atoms with van der Waals surface area (Å²) in [6.45, 7) is 3.61. The Morgan fingerprint density at radius 3 is 2.07 bits per heavy atom. The number of hydrogen-bond acceptors (Lipinski definition) is 6. The summed E-state index contributed by atoms with van der Waals surface area (Å²) in [5, 5.41) is 3.10. The van der Waals surface area contributed by atoms with Crippen molar-refractivity contribution in [2.45, 2.75) is 19.4 Å². The molecule has 7 nitrogen and oxygen atoms in total. The first-order valence-corrected chi connectivity index (χ1v) is 9.22. The fourth-order valence-electron chi connectivity index (χ4n) is 3.20. The molecule has 0 aliphatic carbocycles. The molecule has 0 spiro atoms. The molecule has 0 radical (unpaired) electrons. The highest BCUT2D eigenvalue weighted by molar-refractivity contribution is 6.16. The number of amides is 1. The van der Waals surface area contributed by atoms with Crippen molar-refractivity contribution >= 4 is 23.3 Å². The molecule has 0 bridgehead atoms. The fourth-order valence-corrected chi connectivity index (χ4v) is 3.20. The molecule has 1 atom stereocenters. The molecular weight excluding hydrogens is 372 g/mol. The van der Waals surface area contributed by atoms with Crippen molar-refractivity contribution in [1.82, 2.24) is 0 Å². The lowest BCUT2D eigenvalue weighted by atomic mass is 10.0. The summed E-state index contributed by atoms with van der Waals surface area (Å²) in [7, 11) is 3.15. The third-order valence-electron chi connectivity index (χ3n) is 4.71. The number of carbonyl (C=O) groups is 2. The van der Waals surface area contributed by atoms with Gasteiger partial charge >= 0.3 is 5.97 Å². The smallest absolute Gasteiger partial charge is 0.336 e. The summed E-state index contributed by atoms with van der Waals surface area (Å²) in [5.41, 5.74) is 0.278. The molecule has 0 fully saturated rings. The molecule has 1 aliphatic heterocycles. The van der Waals surface area contributed by atoms with E-state index < -0.39 is 11.5 Å². The van der Waals surface area contributed by atoms with Crippen LogP contribution in [0.1, 0.15) is 13.8 Å². The van der Waals surface area contributed by atoms with Gasteiger partial charge < -0.3 is 19.5 Å². The van der Waals surface area contributed by atoms with Crippen LogP contribution in [0.3, 0.4) is 0 Å². The first kappa shape index (κ1) is 20.3. The number of methoxy groups -OCH3 is 2. The van der Waals surface area contributed by atoms with Gasteiger partial charge in [0.05, 0.1) is 20.8 Å². The highest BCUT2D eigenvalue weighted by atomic mass is 16.5. The highest BCUT2D eigenvalue weighted by Gasteiger charge is 2.49. The maximum atomic E-state index is 13.2. The second kappa shape index (κ2) is 8.26.